The molecule has 0 aliphatic carbocycles. The molecule has 17 heavy (non-hydrogen) atoms. The topological polar surface area (TPSA) is 79.1 Å². The van der Waals surface area contributed by atoms with Crippen molar-refractivity contribution in [2.45, 2.75) is 20.3 Å². The first kappa shape index (κ1) is 11.7. The van der Waals surface area contributed by atoms with E-state index in [-0.39, 0.29) is 5.69 Å². The summed E-state index contributed by atoms with van der Waals surface area (Å²) in [7, 11) is 0. The Bertz CT molecular complexity index is 585. The van der Waals surface area contributed by atoms with Crippen molar-refractivity contribution in [3.8, 4) is 0 Å². The minimum atomic E-state index is -0.929. The maximum Gasteiger partial charge on any atom is 0.352 e. The van der Waals surface area contributed by atoms with Crippen LogP contribution >= 0.6 is 0 Å². The van der Waals surface area contributed by atoms with Gasteiger partial charge in [-0.25, -0.2) is 4.79 Å². The quantitative estimate of drug-likeness (QED) is 0.757. The molecule has 2 aromatic rings. The second kappa shape index (κ2) is 4.22. The van der Waals surface area contributed by atoms with E-state index in [0.29, 0.717) is 13.0 Å². The molecule has 4 nitrogen and oxygen atoms in total. The number of rotatable bonds is 3. The van der Waals surface area contributed by atoms with E-state index in [1.54, 1.807) is 0 Å². The number of aromatic carboxylic acids is 1. The minimum absolute atomic E-state index is 0.263. The first-order valence-corrected chi connectivity index (χ1v) is 5.59. The van der Waals surface area contributed by atoms with Gasteiger partial charge in [0.1, 0.15) is 5.69 Å². The molecular weight excluding hydrogens is 216 g/mol. The summed E-state index contributed by atoms with van der Waals surface area (Å²) in [6.07, 6.45) is 0.575. The van der Waals surface area contributed by atoms with Gasteiger partial charge in [-0.2, -0.15) is 0 Å². The average Bonchev–Trinajstić information content (AvgIpc) is 2.57. The highest BCUT2D eigenvalue weighted by atomic mass is 16.4. The summed E-state index contributed by atoms with van der Waals surface area (Å²) in [4.78, 5) is 14.2. The number of carboxylic acid groups (broad SMARTS) is 1. The van der Waals surface area contributed by atoms with Crippen LogP contribution in [0.3, 0.4) is 0 Å². The van der Waals surface area contributed by atoms with Crippen LogP contribution in [0.1, 0.15) is 27.2 Å². The Morgan fingerprint density at radius 3 is 2.71 bits per heavy atom. The smallest absolute Gasteiger partial charge is 0.352 e. The summed E-state index contributed by atoms with van der Waals surface area (Å²) in [6.45, 7) is 4.44. The van der Waals surface area contributed by atoms with Crippen LogP contribution in [0.2, 0.25) is 0 Å². The number of carbonyl (C=O) groups is 1. The number of hydrogen-bond donors (Lipinski definition) is 3. The zero-order chi connectivity index (χ0) is 12.6. The zero-order valence-electron chi connectivity index (χ0n) is 10.0. The Morgan fingerprint density at radius 2 is 2.12 bits per heavy atom. The number of aryl methyl sites for hydroxylation is 2. The molecular formula is C13H16N2O2. The predicted molar refractivity (Wildman–Crippen MR) is 67.5 cm³/mol. The highest BCUT2D eigenvalue weighted by Gasteiger charge is 2.17. The Balaban J connectivity index is 2.80. The fourth-order valence-electron chi connectivity index (χ4n) is 2.38. The molecule has 4 heteroatoms. The molecule has 1 aromatic heterocycles. The lowest BCUT2D eigenvalue weighted by Crippen LogP contribution is -2.07. The lowest BCUT2D eigenvalue weighted by molar-refractivity contribution is 0.0690. The van der Waals surface area contributed by atoms with Crippen LogP contribution in [0.5, 0.6) is 0 Å². The Hall–Kier alpha value is -1.81. The molecule has 0 bridgehead atoms. The van der Waals surface area contributed by atoms with E-state index in [9.17, 15) is 9.90 Å². The normalized spacial score (nSPS) is 11.0. The van der Waals surface area contributed by atoms with Gasteiger partial charge >= 0.3 is 5.97 Å². The van der Waals surface area contributed by atoms with Gasteiger partial charge in [-0.05, 0) is 49.6 Å². The Kier molecular flexibility index (Phi) is 2.90. The lowest BCUT2D eigenvalue weighted by Gasteiger charge is -2.03. The van der Waals surface area contributed by atoms with E-state index in [4.69, 9.17) is 5.73 Å². The summed E-state index contributed by atoms with van der Waals surface area (Å²) in [5.74, 6) is -0.929. The van der Waals surface area contributed by atoms with Crippen molar-refractivity contribution in [3.05, 3.63) is 34.5 Å². The van der Waals surface area contributed by atoms with Gasteiger partial charge in [-0.15, -0.1) is 0 Å². The largest absolute Gasteiger partial charge is 0.477 e. The van der Waals surface area contributed by atoms with Gasteiger partial charge < -0.3 is 15.8 Å². The summed E-state index contributed by atoms with van der Waals surface area (Å²) in [6, 6.07) is 4.02. The number of aromatic nitrogens is 1. The maximum absolute atomic E-state index is 11.2. The SMILES string of the molecule is Cc1cc(C)c2c(CCN)c(C(=O)O)[nH]c2c1. The molecule has 0 saturated heterocycles. The molecule has 0 aliphatic heterocycles. The van der Waals surface area contributed by atoms with Crippen molar-refractivity contribution in [3.63, 3.8) is 0 Å². The van der Waals surface area contributed by atoms with Crippen molar-refractivity contribution in [1.82, 2.24) is 4.98 Å². The second-order valence-electron chi connectivity index (χ2n) is 4.33. The van der Waals surface area contributed by atoms with E-state index in [1.807, 2.05) is 19.9 Å². The van der Waals surface area contributed by atoms with Crippen molar-refractivity contribution in [2.24, 2.45) is 5.73 Å². The van der Waals surface area contributed by atoms with Crippen LogP contribution < -0.4 is 5.73 Å². The predicted octanol–water partition coefficient (Wildman–Crippen LogP) is 1.98. The van der Waals surface area contributed by atoms with Gasteiger partial charge in [0.25, 0.3) is 0 Å². The number of H-pyrrole nitrogens is 1. The van der Waals surface area contributed by atoms with E-state index in [2.05, 4.69) is 11.1 Å². The fourth-order valence-corrected chi connectivity index (χ4v) is 2.38. The van der Waals surface area contributed by atoms with Gasteiger partial charge in [0.15, 0.2) is 0 Å². The monoisotopic (exact) mass is 232 g/mol. The fraction of sp³-hybridized carbons (Fsp3) is 0.308. The lowest BCUT2D eigenvalue weighted by atomic mass is 10.0. The third-order valence-corrected chi connectivity index (χ3v) is 2.95. The van der Waals surface area contributed by atoms with Crippen molar-refractivity contribution in [2.75, 3.05) is 6.54 Å². The maximum atomic E-state index is 11.2. The van der Waals surface area contributed by atoms with Crippen LogP contribution in [0.4, 0.5) is 0 Å². The number of nitrogens with one attached hydrogen (secondary N) is 1. The Labute approximate surface area is 99.4 Å². The van der Waals surface area contributed by atoms with Crippen LogP contribution in [-0.2, 0) is 6.42 Å². The van der Waals surface area contributed by atoms with Crippen molar-refractivity contribution in [1.29, 1.82) is 0 Å². The van der Waals surface area contributed by atoms with Gasteiger partial charge in [0.2, 0.25) is 0 Å². The minimum Gasteiger partial charge on any atom is -0.477 e. The molecule has 0 spiro atoms. The number of fused-ring (bicyclic) bond motifs is 1. The molecule has 4 N–H and O–H groups in total. The van der Waals surface area contributed by atoms with Crippen LogP contribution in [-0.4, -0.2) is 22.6 Å². The van der Waals surface area contributed by atoms with E-state index in [0.717, 1.165) is 27.6 Å². The highest BCUT2D eigenvalue weighted by Crippen LogP contribution is 2.27. The van der Waals surface area contributed by atoms with Crippen LogP contribution in [0.15, 0.2) is 12.1 Å². The van der Waals surface area contributed by atoms with Gasteiger partial charge in [0, 0.05) is 10.9 Å². The number of hydrogen-bond acceptors (Lipinski definition) is 2. The number of aromatic amines is 1. The van der Waals surface area contributed by atoms with Crippen molar-refractivity contribution < 1.29 is 9.90 Å². The highest BCUT2D eigenvalue weighted by molar-refractivity contribution is 5.99. The number of carboxylic acids is 1. The van der Waals surface area contributed by atoms with Gasteiger partial charge in [-0.1, -0.05) is 6.07 Å². The molecule has 1 aromatic carbocycles. The molecule has 0 atom stereocenters. The second-order valence-corrected chi connectivity index (χ2v) is 4.33. The molecule has 1 heterocycles. The van der Waals surface area contributed by atoms with Gasteiger partial charge in [0.05, 0.1) is 0 Å². The molecule has 0 fully saturated rings. The van der Waals surface area contributed by atoms with E-state index in [1.165, 1.54) is 0 Å². The third kappa shape index (κ3) is 1.91. The van der Waals surface area contributed by atoms with E-state index < -0.39 is 5.97 Å². The number of benzene rings is 1. The molecule has 90 valence electrons. The summed E-state index contributed by atoms with van der Waals surface area (Å²) >= 11 is 0. The molecule has 0 saturated carbocycles. The summed E-state index contributed by atoms with van der Waals surface area (Å²) < 4.78 is 0. The number of nitrogens with two attached hydrogens (primary N) is 1. The summed E-state index contributed by atoms with van der Waals surface area (Å²) in [5, 5.41) is 10.2. The molecule has 0 radical (unpaired) electrons. The standard InChI is InChI=1S/C13H16N2O2/c1-7-5-8(2)11-9(3-4-14)12(13(16)17)15-10(11)6-7/h5-6,15H,3-4,14H2,1-2H3,(H,16,17). The Morgan fingerprint density at radius 1 is 1.41 bits per heavy atom. The average molecular weight is 232 g/mol. The van der Waals surface area contributed by atoms with Gasteiger partial charge in [-0.3, -0.25) is 0 Å². The van der Waals surface area contributed by atoms with Crippen LogP contribution in [0.25, 0.3) is 10.9 Å². The third-order valence-electron chi connectivity index (χ3n) is 2.95. The van der Waals surface area contributed by atoms with Crippen molar-refractivity contribution >= 4 is 16.9 Å². The molecule has 0 unspecified atom stereocenters. The zero-order valence-corrected chi connectivity index (χ0v) is 10.0. The van der Waals surface area contributed by atoms with E-state index >= 15 is 0 Å². The first-order valence-electron chi connectivity index (χ1n) is 5.59. The summed E-state index contributed by atoms with van der Waals surface area (Å²) in [5.41, 5.74) is 9.71. The first-order chi connectivity index (χ1) is 8.04. The van der Waals surface area contributed by atoms with Crippen LogP contribution in [0, 0.1) is 13.8 Å². The molecule has 0 aliphatic rings. The molecule has 0 amide bonds. The molecule has 2 rings (SSSR count).